The number of nitro groups is 1. The standard InChI is InChI=1S/C15H14ClN5O2S/c16-10-2-3-11-12(4-7-18-13(11)8-10)17-5-1-6-19-15-20-9-14(24-15)21(22)23/h2-4,7-9H,1,5-6H2,(H,17,18)(H,19,20). The number of thiazole rings is 1. The molecule has 2 heterocycles. The van der Waals surface area contributed by atoms with Gasteiger partial charge in [-0.25, -0.2) is 4.98 Å². The Kier molecular flexibility index (Phi) is 5.07. The summed E-state index contributed by atoms with van der Waals surface area (Å²) in [6, 6.07) is 7.54. The lowest BCUT2D eigenvalue weighted by Crippen LogP contribution is -2.09. The first-order valence-electron chi connectivity index (χ1n) is 7.26. The van der Waals surface area contributed by atoms with Crippen LogP contribution in [-0.4, -0.2) is 28.0 Å². The molecule has 3 aromatic rings. The molecule has 0 spiro atoms. The zero-order valence-corrected chi connectivity index (χ0v) is 14.1. The minimum atomic E-state index is -0.439. The van der Waals surface area contributed by atoms with E-state index in [4.69, 9.17) is 11.6 Å². The summed E-state index contributed by atoms with van der Waals surface area (Å²) < 4.78 is 0. The number of fused-ring (bicyclic) bond motifs is 1. The molecule has 0 aliphatic heterocycles. The number of anilines is 2. The fourth-order valence-electron chi connectivity index (χ4n) is 2.21. The maximum absolute atomic E-state index is 10.6. The van der Waals surface area contributed by atoms with Gasteiger partial charge < -0.3 is 10.6 Å². The van der Waals surface area contributed by atoms with Crippen molar-refractivity contribution in [1.29, 1.82) is 0 Å². The fourth-order valence-corrected chi connectivity index (χ4v) is 3.04. The van der Waals surface area contributed by atoms with E-state index in [0.717, 1.165) is 40.9 Å². The van der Waals surface area contributed by atoms with Crippen LogP contribution in [0.2, 0.25) is 5.02 Å². The molecule has 0 amide bonds. The Morgan fingerprint density at radius 1 is 1.21 bits per heavy atom. The van der Waals surface area contributed by atoms with E-state index in [-0.39, 0.29) is 5.00 Å². The fraction of sp³-hybridized carbons (Fsp3) is 0.200. The van der Waals surface area contributed by atoms with Crippen LogP contribution in [0, 0.1) is 10.1 Å². The van der Waals surface area contributed by atoms with Crippen molar-refractivity contribution < 1.29 is 4.92 Å². The zero-order valence-electron chi connectivity index (χ0n) is 12.5. The van der Waals surface area contributed by atoms with Gasteiger partial charge in [0.25, 0.3) is 0 Å². The minimum absolute atomic E-state index is 0.0394. The molecule has 124 valence electrons. The second-order valence-corrected chi connectivity index (χ2v) is 6.43. The van der Waals surface area contributed by atoms with Crippen LogP contribution < -0.4 is 10.6 Å². The molecule has 0 aliphatic rings. The van der Waals surface area contributed by atoms with Crippen LogP contribution in [0.3, 0.4) is 0 Å². The van der Waals surface area contributed by atoms with Gasteiger partial charge in [0.15, 0.2) is 5.13 Å². The lowest BCUT2D eigenvalue weighted by molar-refractivity contribution is -0.380. The van der Waals surface area contributed by atoms with E-state index < -0.39 is 4.92 Å². The van der Waals surface area contributed by atoms with Gasteiger partial charge in [0.2, 0.25) is 0 Å². The highest BCUT2D eigenvalue weighted by Gasteiger charge is 2.10. The summed E-state index contributed by atoms with van der Waals surface area (Å²) >= 11 is 7.02. The topological polar surface area (TPSA) is 93.0 Å². The van der Waals surface area contributed by atoms with Gasteiger partial charge in [0.05, 0.1) is 10.4 Å². The van der Waals surface area contributed by atoms with Crippen LogP contribution in [0.25, 0.3) is 10.9 Å². The number of aromatic nitrogens is 2. The molecular weight excluding hydrogens is 350 g/mol. The third-order valence-corrected chi connectivity index (χ3v) is 4.47. The molecule has 24 heavy (non-hydrogen) atoms. The molecule has 0 bridgehead atoms. The first-order chi connectivity index (χ1) is 11.6. The minimum Gasteiger partial charge on any atom is -0.384 e. The monoisotopic (exact) mass is 363 g/mol. The van der Waals surface area contributed by atoms with Crippen LogP contribution in [0.1, 0.15) is 6.42 Å². The van der Waals surface area contributed by atoms with E-state index >= 15 is 0 Å². The predicted octanol–water partition coefficient (Wildman–Crippen LogP) is 4.17. The van der Waals surface area contributed by atoms with Gasteiger partial charge in [0.1, 0.15) is 6.20 Å². The molecule has 2 N–H and O–H groups in total. The molecule has 0 radical (unpaired) electrons. The van der Waals surface area contributed by atoms with E-state index in [1.165, 1.54) is 6.20 Å². The third-order valence-electron chi connectivity index (χ3n) is 3.32. The van der Waals surface area contributed by atoms with Crippen LogP contribution in [-0.2, 0) is 0 Å². The first kappa shape index (κ1) is 16.4. The Balaban J connectivity index is 1.50. The summed E-state index contributed by atoms with van der Waals surface area (Å²) in [5, 5.41) is 19.3. The molecule has 0 saturated heterocycles. The predicted molar refractivity (Wildman–Crippen MR) is 97.1 cm³/mol. The average Bonchev–Trinajstić information content (AvgIpc) is 3.03. The molecule has 3 rings (SSSR count). The lowest BCUT2D eigenvalue weighted by atomic mass is 10.2. The van der Waals surface area contributed by atoms with E-state index in [1.54, 1.807) is 6.20 Å². The Bertz CT molecular complexity index is 870. The van der Waals surface area contributed by atoms with Crippen molar-refractivity contribution in [3.8, 4) is 0 Å². The number of nitrogens with zero attached hydrogens (tertiary/aromatic N) is 3. The van der Waals surface area contributed by atoms with Crippen molar-refractivity contribution >= 4 is 49.7 Å². The maximum atomic E-state index is 10.6. The lowest BCUT2D eigenvalue weighted by Gasteiger charge is -2.09. The molecule has 2 aromatic heterocycles. The van der Waals surface area contributed by atoms with Crippen molar-refractivity contribution in [2.24, 2.45) is 0 Å². The number of halogens is 1. The van der Waals surface area contributed by atoms with Gasteiger partial charge in [-0.2, -0.15) is 0 Å². The highest BCUT2D eigenvalue weighted by molar-refractivity contribution is 7.18. The molecule has 0 fully saturated rings. The van der Waals surface area contributed by atoms with Crippen molar-refractivity contribution in [3.63, 3.8) is 0 Å². The Morgan fingerprint density at radius 3 is 2.83 bits per heavy atom. The molecule has 7 nitrogen and oxygen atoms in total. The normalized spacial score (nSPS) is 10.7. The summed E-state index contributed by atoms with van der Waals surface area (Å²) in [6.07, 6.45) is 3.85. The average molecular weight is 364 g/mol. The summed E-state index contributed by atoms with van der Waals surface area (Å²) in [6.45, 7) is 1.43. The summed E-state index contributed by atoms with van der Waals surface area (Å²) in [5.41, 5.74) is 1.85. The molecule has 0 unspecified atom stereocenters. The summed E-state index contributed by atoms with van der Waals surface area (Å²) in [5.74, 6) is 0. The smallest absolute Gasteiger partial charge is 0.345 e. The van der Waals surface area contributed by atoms with E-state index in [1.807, 2.05) is 24.3 Å². The Morgan fingerprint density at radius 2 is 2.04 bits per heavy atom. The van der Waals surface area contributed by atoms with Crippen molar-refractivity contribution in [1.82, 2.24) is 9.97 Å². The van der Waals surface area contributed by atoms with Crippen molar-refractivity contribution in [3.05, 3.63) is 51.8 Å². The SMILES string of the molecule is O=[N+]([O-])c1cnc(NCCCNc2ccnc3cc(Cl)ccc23)s1. The van der Waals surface area contributed by atoms with E-state index in [9.17, 15) is 10.1 Å². The summed E-state index contributed by atoms with van der Waals surface area (Å²) in [7, 11) is 0. The molecule has 0 aliphatic carbocycles. The van der Waals surface area contributed by atoms with Crippen LogP contribution in [0.5, 0.6) is 0 Å². The van der Waals surface area contributed by atoms with Crippen LogP contribution in [0.4, 0.5) is 15.8 Å². The number of pyridine rings is 1. The highest BCUT2D eigenvalue weighted by atomic mass is 35.5. The quantitative estimate of drug-likeness (QED) is 0.372. The Hall–Kier alpha value is -2.45. The van der Waals surface area contributed by atoms with Gasteiger partial charge in [0, 0.05) is 35.4 Å². The summed E-state index contributed by atoms with van der Waals surface area (Å²) in [4.78, 5) is 18.4. The van der Waals surface area contributed by atoms with Crippen LogP contribution in [0.15, 0.2) is 36.7 Å². The van der Waals surface area contributed by atoms with Gasteiger partial charge in [-0.3, -0.25) is 15.1 Å². The molecule has 0 saturated carbocycles. The van der Waals surface area contributed by atoms with Crippen molar-refractivity contribution in [2.75, 3.05) is 23.7 Å². The Labute approximate surface area is 146 Å². The maximum Gasteiger partial charge on any atom is 0.345 e. The van der Waals surface area contributed by atoms with Crippen LogP contribution >= 0.6 is 22.9 Å². The number of nitrogens with one attached hydrogen (secondary N) is 2. The number of rotatable bonds is 7. The highest BCUT2D eigenvalue weighted by Crippen LogP contribution is 2.25. The zero-order chi connectivity index (χ0) is 16.9. The van der Waals surface area contributed by atoms with Gasteiger partial charge in [-0.1, -0.05) is 11.6 Å². The largest absolute Gasteiger partial charge is 0.384 e. The molecule has 1 aromatic carbocycles. The van der Waals surface area contributed by atoms with Gasteiger partial charge in [-0.05, 0) is 42.0 Å². The second kappa shape index (κ2) is 7.41. The molecular formula is C15H14ClN5O2S. The van der Waals surface area contributed by atoms with E-state index in [2.05, 4.69) is 20.6 Å². The number of benzene rings is 1. The van der Waals surface area contributed by atoms with E-state index in [0.29, 0.717) is 16.7 Å². The second-order valence-electron chi connectivity index (χ2n) is 4.99. The van der Waals surface area contributed by atoms with Gasteiger partial charge in [-0.15, -0.1) is 0 Å². The number of hydrogen-bond donors (Lipinski definition) is 2. The molecule has 9 heteroatoms. The third kappa shape index (κ3) is 3.90. The van der Waals surface area contributed by atoms with Crippen molar-refractivity contribution in [2.45, 2.75) is 6.42 Å². The number of hydrogen-bond acceptors (Lipinski definition) is 7. The van der Waals surface area contributed by atoms with Gasteiger partial charge >= 0.3 is 5.00 Å². The first-order valence-corrected chi connectivity index (χ1v) is 8.45. The molecule has 0 atom stereocenters.